The molecule has 0 unspecified atom stereocenters. The molecule has 2 aromatic carbocycles. The van der Waals surface area contributed by atoms with Gasteiger partial charge in [0.15, 0.2) is 11.3 Å². The summed E-state index contributed by atoms with van der Waals surface area (Å²) in [6.45, 7) is 3.65. The Morgan fingerprint density at radius 1 is 1.06 bits per heavy atom. The van der Waals surface area contributed by atoms with Gasteiger partial charge in [-0.05, 0) is 43.7 Å². The number of hydrogen-bond donors (Lipinski definition) is 1. The van der Waals surface area contributed by atoms with Crippen LogP contribution in [0, 0.1) is 6.92 Å². The summed E-state index contributed by atoms with van der Waals surface area (Å²) in [6.07, 6.45) is -0.227. The van der Waals surface area contributed by atoms with Crippen LogP contribution in [0.15, 0.2) is 45.6 Å². The molecule has 162 valence electrons. The molecule has 0 spiro atoms. The van der Waals surface area contributed by atoms with Gasteiger partial charge in [0.05, 0.1) is 44.1 Å². The van der Waals surface area contributed by atoms with Crippen LogP contribution >= 0.6 is 0 Å². The molecule has 1 N–H and O–H groups in total. The van der Waals surface area contributed by atoms with Crippen molar-refractivity contribution < 1.29 is 28.2 Å². The first-order valence-corrected chi connectivity index (χ1v) is 9.64. The van der Waals surface area contributed by atoms with E-state index in [0.717, 1.165) is 0 Å². The minimum absolute atomic E-state index is 0.214. The Morgan fingerprint density at radius 2 is 1.81 bits per heavy atom. The van der Waals surface area contributed by atoms with Gasteiger partial charge in [0, 0.05) is 5.39 Å². The highest BCUT2D eigenvalue weighted by atomic mass is 16.5. The lowest BCUT2D eigenvalue weighted by molar-refractivity contribution is -0.115. The Hall–Kier alpha value is -3.81. The number of carbonyl (C=O) groups excluding carboxylic acids is 2. The van der Waals surface area contributed by atoms with E-state index >= 15 is 0 Å². The Balaban J connectivity index is 1.94. The summed E-state index contributed by atoms with van der Waals surface area (Å²) >= 11 is 0. The number of amides is 1. The second kappa shape index (κ2) is 9.34. The Kier molecular flexibility index (Phi) is 6.59. The molecular formula is C23H23NO7. The molecule has 8 heteroatoms. The van der Waals surface area contributed by atoms with Gasteiger partial charge >= 0.3 is 11.6 Å². The van der Waals surface area contributed by atoms with Crippen LogP contribution in [-0.2, 0) is 16.0 Å². The molecule has 0 aliphatic heterocycles. The van der Waals surface area contributed by atoms with E-state index in [0.29, 0.717) is 28.1 Å². The van der Waals surface area contributed by atoms with Crippen LogP contribution in [0.4, 0.5) is 5.69 Å². The van der Waals surface area contributed by atoms with Crippen LogP contribution in [-0.4, -0.2) is 32.7 Å². The monoisotopic (exact) mass is 425 g/mol. The molecule has 8 nitrogen and oxygen atoms in total. The van der Waals surface area contributed by atoms with Gasteiger partial charge in [0.25, 0.3) is 0 Å². The van der Waals surface area contributed by atoms with Crippen molar-refractivity contribution in [3.8, 4) is 11.5 Å². The lowest BCUT2D eigenvalue weighted by Gasteiger charge is -2.13. The van der Waals surface area contributed by atoms with Crippen molar-refractivity contribution in [3.05, 3.63) is 63.5 Å². The second-order valence-electron chi connectivity index (χ2n) is 6.66. The molecule has 0 saturated heterocycles. The molecule has 0 fully saturated rings. The number of para-hydroxylation sites is 1. The summed E-state index contributed by atoms with van der Waals surface area (Å²) in [4.78, 5) is 37.5. The molecule has 1 heterocycles. The number of rotatable bonds is 7. The molecule has 0 saturated carbocycles. The molecule has 0 atom stereocenters. The maximum absolute atomic E-state index is 12.7. The predicted octanol–water partition coefficient (Wildman–Crippen LogP) is 3.48. The molecule has 0 aliphatic rings. The normalized spacial score (nSPS) is 10.6. The van der Waals surface area contributed by atoms with Gasteiger partial charge in [-0.25, -0.2) is 9.59 Å². The van der Waals surface area contributed by atoms with E-state index in [1.165, 1.54) is 14.2 Å². The predicted molar refractivity (Wildman–Crippen MR) is 115 cm³/mol. The van der Waals surface area contributed by atoms with E-state index in [1.54, 1.807) is 50.2 Å². The van der Waals surface area contributed by atoms with E-state index in [9.17, 15) is 14.4 Å². The van der Waals surface area contributed by atoms with Gasteiger partial charge < -0.3 is 23.9 Å². The largest absolute Gasteiger partial charge is 0.493 e. The van der Waals surface area contributed by atoms with Crippen LogP contribution in [0.5, 0.6) is 11.5 Å². The minimum atomic E-state index is -0.648. The van der Waals surface area contributed by atoms with E-state index < -0.39 is 17.5 Å². The SMILES string of the molecule is CCOC(=O)c1ccccc1NC(=O)Cc1c(C)c2ccc(OC)c(OC)c2oc1=O. The van der Waals surface area contributed by atoms with Gasteiger partial charge in [0.1, 0.15) is 0 Å². The molecule has 1 aromatic heterocycles. The molecule has 0 bridgehead atoms. The maximum Gasteiger partial charge on any atom is 0.340 e. The fraction of sp³-hybridized carbons (Fsp3) is 0.261. The number of carbonyl (C=O) groups is 2. The van der Waals surface area contributed by atoms with Crippen LogP contribution in [0.2, 0.25) is 0 Å². The average molecular weight is 425 g/mol. The summed E-state index contributed by atoms with van der Waals surface area (Å²) < 4.78 is 21.1. The van der Waals surface area contributed by atoms with E-state index in [1.807, 2.05) is 0 Å². The topological polar surface area (TPSA) is 104 Å². The summed E-state index contributed by atoms with van der Waals surface area (Å²) in [5.74, 6) is -0.272. The number of esters is 1. The number of fused-ring (bicyclic) bond motifs is 1. The molecule has 0 aliphatic carbocycles. The fourth-order valence-electron chi connectivity index (χ4n) is 3.30. The summed E-state index contributed by atoms with van der Waals surface area (Å²) in [6, 6.07) is 9.96. The summed E-state index contributed by atoms with van der Waals surface area (Å²) in [5.41, 5.74) is 0.954. The Labute approximate surface area is 178 Å². The zero-order valence-electron chi connectivity index (χ0n) is 17.7. The number of benzene rings is 2. The third-order valence-electron chi connectivity index (χ3n) is 4.83. The van der Waals surface area contributed by atoms with E-state index in [4.69, 9.17) is 18.6 Å². The van der Waals surface area contributed by atoms with Crippen molar-refractivity contribution in [1.29, 1.82) is 0 Å². The standard InChI is InChI=1S/C23H23NO7/c1-5-30-22(26)15-8-6-7-9-17(15)24-19(25)12-16-13(2)14-10-11-18(28-3)21(29-4)20(14)31-23(16)27/h6-11H,5,12H2,1-4H3,(H,24,25). The van der Waals surface area contributed by atoms with Crippen LogP contribution in [0.3, 0.4) is 0 Å². The first-order valence-electron chi connectivity index (χ1n) is 9.64. The number of ether oxygens (including phenoxy) is 3. The first kappa shape index (κ1) is 21.9. The minimum Gasteiger partial charge on any atom is -0.493 e. The highest BCUT2D eigenvalue weighted by Gasteiger charge is 2.20. The highest BCUT2D eigenvalue weighted by molar-refractivity contribution is 6.02. The zero-order chi connectivity index (χ0) is 22.5. The molecular weight excluding hydrogens is 402 g/mol. The molecule has 0 radical (unpaired) electrons. The van der Waals surface area contributed by atoms with Crippen molar-refractivity contribution in [1.82, 2.24) is 0 Å². The van der Waals surface area contributed by atoms with Crippen LogP contribution < -0.4 is 20.4 Å². The number of anilines is 1. The molecule has 3 aromatic rings. The number of hydrogen-bond acceptors (Lipinski definition) is 7. The summed E-state index contributed by atoms with van der Waals surface area (Å²) in [5, 5.41) is 3.31. The lowest BCUT2D eigenvalue weighted by Crippen LogP contribution is -2.22. The van der Waals surface area contributed by atoms with Crippen LogP contribution in [0.25, 0.3) is 11.0 Å². The van der Waals surface area contributed by atoms with Gasteiger partial charge in [-0.15, -0.1) is 0 Å². The Bertz CT molecular complexity index is 1200. The Morgan fingerprint density at radius 3 is 2.48 bits per heavy atom. The molecule has 31 heavy (non-hydrogen) atoms. The van der Waals surface area contributed by atoms with Crippen molar-refractivity contribution in [3.63, 3.8) is 0 Å². The number of methoxy groups -OCH3 is 2. The molecule has 1 amide bonds. The quantitative estimate of drug-likeness (QED) is 0.456. The van der Waals surface area contributed by atoms with Crippen molar-refractivity contribution in [2.45, 2.75) is 20.3 Å². The smallest absolute Gasteiger partial charge is 0.340 e. The number of aryl methyl sites for hydroxylation is 1. The van der Waals surface area contributed by atoms with Crippen molar-refractivity contribution >= 4 is 28.5 Å². The van der Waals surface area contributed by atoms with Crippen LogP contribution in [0.1, 0.15) is 28.4 Å². The van der Waals surface area contributed by atoms with Gasteiger partial charge in [-0.1, -0.05) is 12.1 Å². The second-order valence-corrected chi connectivity index (χ2v) is 6.66. The van der Waals surface area contributed by atoms with Gasteiger partial charge in [-0.2, -0.15) is 0 Å². The maximum atomic E-state index is 12.7. The lowest BCUT2D eigenvalue weighted by atomic mass is 10.0. The fourth-order valence-corrected chi connectivity index (χ4v) is 3.30. The van der Waals surface area contributed by atoms with E-state index in [-0.39, 0.29) is 29.7 Å². The third-order valence-corrected chi connectivity index (χ3v) is 4.83. The number of nitrogens with one attached hydrogen (secondary N) is 1. The van der Waals surface area contributed by atoms with E-state index in [2.05, 4.69) is 5.32 Å². The average Bonchev–Trinajstić information content (AvgIpc) is 2.76. The van der Waals surface area contributed by atoms with Crippen molar-refractivity contribution in [2.75, 3.05) is 26.1 Å². The van der Waals surface area contributed by atoms with Gasteiger partial charge in [0.2, 0.25) is 11.7 Å². The van der Waals surface area contributed by atoms with Gasteiger partial charge in [-0.3, -0.25) is 4.79 Å². The van der Waals surface area contributed by atoms with Crippen molar-refractivity contribution in [2.24, 2.45) is 0 Å². The first-order chi connectivity index (χ1) is 14.9. The summed E-state index contributed by atoms with van der Waals surface area (Å²) in [7, 11) is 2.94. The third kappa shape index (κ3) is 4.37. The highest BCUT2D eigenvalue weighted by Crippen LogP contribution is 2.36. The molecule has 3 rings (SSSR count). The zero-order valence-corrected chi connectivity index (χ0v) is 17.7.